The maximum absolute atomic E-state index is 12.8. The number of unbranched alkanes of at least 4 members (excludes halogenated alkanes) is 4. The third-order valence-electron chi connectivity index (χ3n) is 7.10. The number of aryl methyl sites for hydroxylation is 1. The molecule has 0 bridgehead atoms. The van der Waals surface area contributed by atoms with Gasteiger partial charge in [-0.1, -0.05) is 105 Å². The van der Waals surface area contributed by atoms with Gasteiger partial charge in [0.2, 0.25) is 17.7 Å². The van der Waals surface area contributed by atoms with Gasteiger partial charge in [0.25, 0.3) is 0 Å². The Morgan fingerprint density at radius 2 is 1.49 bits per heavy atom. The van der Waals surface area contributed by atoms with Gasteiger partial charge in [-0.25, -0.2) is 0 Å². The first-order valence-corrected chi connectivity index (χ1v) is 14.6. The molecule has 0 fully saturated rings. The lowest BCUT2D eigenvalue weighted by Gasteiger charge is -2.28. The molecule has 0 aliphatic rings. The van der Waals surface area contributed by atoms with E-state index in [-0.39, 0.29) is 34.9 Å². The van der Waals surface area contributed by atoms with Gasteiger partial charge in [-0.2, -0.15) is 4.68 Å². The standard InChI is InChI=1S/C33H52N2O4/c1-23(2)16-14-12-10-9-11-13-15-17-25-22-29(37)35(31(25)39)34-28(36)19-18-24-20-26(32(3,4)5)30(38)27(21-24)33(6,7)8/h13,15,20-23,37-39H,9-12,14,16-19H2,1-8H3,(H,34,36). The Balaban J connectivity index is 1.96. The molecule has 0 radical (unpaired) electrons. The molecule has 6 nitrogen and oxygen atoms in total. The fourth-order valence-electron chi connectivity index (χ4n) is 4.71. The molecule has 1 aromatic heterocycles. The quantitative estimate of drug-likeness (QED) is 0.153. The molecular formula is C33H52N2O4. The summed E-state index contributed by atoms with van der Waals surface area (Å²) < 4.78 is 1.04. The zero-order valence-electron chi connectivity index (χ0n) is 25.5. The van der Waals surface area contributed by atoms with Crippen molar-refractivity contribution in [2.45, 2.75) is 124 Å². The van der Waals surface area contributed by atoms with Crippen molar-refractivity contribution in [2.24, 2.45) is 5.92 Å². The maximum atomic E-state index is 12.8. The van der Waals surface area contributed by atoms with E-state index in [0.717, 1.165) is 40.1 Å². The number of carbonyl (C=O) groups excluding carboxylic acids is 1. The second-order valence-electron chi connectivity index (χ2n) is 13.3. The van der Waals surface area contributed by atoms with E-state index in [0.29, 0.717) is 24.2 Å². The van der Waals surface area contributed by atoms with Crippen LogP contribution in [0.5, 0.6) is 17.5 Å². The van der Waals surface area contributed by atoms with Crippen LogP contribution in [0.1, 0.15) is 123 Å². The molecular weight excluding hydrogens is 488 g/mol. The number of nitrogens with one attached hydrogen (secondary N) is 1. The van der Waals surface area contributed by atoms with Crippen molar-refractivity contribution < 1.29 is 20.1 Å². The molecule has 39 heavy (non-hydrogen) atoms. The van der Waals surface area contributed by atoms with Gasteiger partial charge >= 0.3 is 0 Å². The van der Waals surface area contributed by atoms with E-state index in [1.807, 2.05) is 18.2 Å². The summed E-state index contributed by atoms with van der Waals surface area (Å²) in [5.41, 5.74) is 5.35. The number of aromatic hydroxyl groups is 3. The summed E-state index contributed by atoms with van der Waals surface area (Å²) in [7, 11) is 0. The Hall–Kier alpha value is -2.89. The van der Waals surface area contributed by atoms with Crippen molar-refractivity contribution in [1.82, 2.24) is 4.68 Å². The smallest absolute Gasteiger partial charge is 0.239 e. The van der Waals surface area contributed by atoms with E-state index < -0.39 is 0 Å². The van der Waals surface area contributed by atoms with Crippen LogP contribution >= 0.6 is 0 Å². The number of benzene rings is 1. The highest BCUT2D eigenvalue weighted by atomic mass is 16.3. The number of hydrogen-bond donors (Lipinski definition) is 4. The predicted octanol–water partition coefficient (Wildman–Crippen LogP) is 8.00. The van der Waals surface area contributed by atoms with E-state index in [2.05, 4.69) is 66.9 Å². The highest BCUT2D eigenvalue weighted by molar-refractivity contribution is 5.84. The monoisotopic (exact) mass is 540 g/mol. The van der Waals surface area contributed by atoms with Crippen molar-refractivity contribution in [1.29, 1.82) is 0 Å². The summed E-state index contributed by atoms with van der Waals surface area (Å²) in [6.45, 7) is 16.9. The SMILES string of the molecule is CC(C)CCCCCCC=CCc1cc(O)n(NC(=O)CCc2cc(C(C)(C)C)c(O)c(C(C)(C)C)c2)c1O. The van der Waals surface area contributed by atoms with E-state index in [1.54, 1.807) is 0 Å². The molecule has 218 valence electrons. The highest BCUT2D eigenvalue weighted by Gasteiger charge is 2.26. The molecule has 0 atom stereocenters. The van der Waals surface area contributed by atoms with Crippen molar-refractivity contribution >= 4 is 5.91 Å². The Bertz CT molecular complexity index is 1080. The number of amides is 1. The third kappa shape index (κ3) is 9.98. The third-order valence-corrected chi connectivity index (χ3v) is 7.10. The number of aromatic nitrogens is 1. The van der Waals surface area contributed by atoms with Crippen LogP contribution in [0.15, 0.2) is 30.4 Å². The van der Waals surface area contributed by atoms with Crippen molar-refractivity contribution in [3.8, 4) is 17.5 Å². The summed E-state index contributed by atoms with van der Waals surface area (Å²) in [5, 5.41) is 31.9. The van der Waals surface area contributed by atoms with Crippen LogP contribution in [0.2, 0.25) is 0 Å². The molecule has 1 amide bonds. The van der Waals surface area contributed by atoms with Crippen LogP contribution in [0, 0.1) is 5.92 Å². The highest BCUT2D eigenvalue weighted by Crippen LogP contribution is 2.40. The molecule has 2 aromatic rings. The van der Waals surface area contributed by atoms with Gasteiger partial charge in [0, 0.05) is 18.1 Å². The maximum Gasteiger partial charge on any atom is 0.239 e. The molecule has 1 aromatic carbocycles. The Morgan fingerprint density at radius 1 is 0.897 bits per heavy atom. The molecule has 0 aliphatic heterocycles. The summed E-state index contributed by atoms with van der Waals surface area (Å²) >= 11 is 0. The van der Waals surface area contributed by atoms with Crippen LogP contribution in [-0.2, 0) is 28.5 Å². The second-order valence-corrected chi connectivity index (χ2v) is 13.3. The lowest BCUT2D eigenvalue weighted by atomic mass is 9.78. The summed E-state index contributed by atoms with van der Waals surface area (Å²) in [5.74, 6) is 0.401. The number of nitrogens with zero attached hydrogens (tertiary/aromatic N) is 1. The van der Waals surface area contributed by atoms with Gasteiger partial charge in [0.05, 0.1) is 0 Å². The zero-order valence-corrected chi connectivity index (χ0v) is 25.5. The largest absolute Gasteiger partial charge is 0.507 e. The summed E-state index contributed by atoms with van der Waals surface area (Å²) in [4.78, 5) is 12.8. The molecule has 0 unspecified atom stereocenters. The average molecular weight is 541 g/mol. The average Bonchev–Trinajstić information content (AvgIpc) is 3.08. The molecule has 6 heteroatoms. The van der Waals surface area contributed by atoms with Gasteiger partial charge in [0.15, 0.2) is 0 Å². The van der Waals surface area contributed by atoms with Crippen LogP contribution in [0.4, 0.5) is 0 Å². The first kappa shape index (κ1) is 32.3. The molecule has 2 rings (SSSR count). The van der Waals surface area contributed by atoms with Gasteiger partial charge in [-0.3, -0.25) is 10.2 Å². The topological polar surface area (TPSA) is 94.7 Å². The minimum atomic E-state index is -0.321. The van der Waals surface area contributed by atoms with E-state index in [9.17, 15) is 20.1 Å². The van der Waals surface area contributed by atoms with Crippen LogP contribution < -0.4 is 5.43 Å². The number of phenolic OH excluding ortho intramolecular Hbond substituents is 1. The lowest BCUT2D eigenvalue weighted by Crippen LogP contribution is -2.23. The Kier molecular flexibility index (Phi) is 11.6. The molecule has 0 saturated heterocycles. The fourth-order valence-corrected chi connectivity index (χ4v) is 4.71. The normalized spacial score (nSPS) is 12.5. The first-order chi connectivity index (χ1) is 18.1. The molecule has 0 spiro atoms. The molecule has 0 saturated carbocycles. The molecule has 0 aliphatic carbocycles. The summed E-state index contributed by atoms with van der Waals surface area (Å²) in [6, 6.07) is 5.42. The van der Waals surface area contributed by atoms with Crippen LogP contribution in [0.25, 0.3) is 0 Å². The van der Waals surface area contributed by atoms with Crippen molar-refractivity contribution in [3.63, 3.8) is 0 Å². The van der Waals surface area contributed by atoms with Crippen LogP contribution in [-0.4, -0.2) is 25.9 Å². The number of allylic oxidation sites excluding steroid dienone is 2. The summed E-state index contributed by atoms with van der Waals surface area (Å²) in [6.07, 6.45) is 12.5. The predicted molar refractivity (Wildman–Crippen MR) is 161 cm³/mol. The van der Waals surface area contributed by atoms with Crippen LogP contribution in [0.3, 0.4) is 0 Å². The van der Waals surface area contributed by atoms with Crippen molar-refractivity contribution in [2.75, 3.05) is 5.43 Å². The number of rotatable bonds is 13. The van der Waals surface area contributed by atoms with Crippen molar-refractivity contribution in [3.05, 3.63) is 52.6 Å². The van der Waals surface area contributed by atoms with Gasteiger partial charge in [-0.15, -0.1) is 0 Å². The first-order valence-electron chi connectivity index (χ1n) is 14.6. The van der Waals surface area contributed by atoms with Gasteiger partial charge in [-0.05, 0) is 59.1 Å². The second kappa shape index (κ2) is 14.0. The number of carbonyl (C=O) groups is 1. The number of hydrogen-bond acceptors (Lipinski definition) is 4. The minimum absolute atomic E-state index is 0.158. The minimum Gasteiger partial charge on any atom is -0.507 e. The van der Waals surface area contributed by atoms with E-state index in [1.165, 1.54) is 31.7 Å². The Morgan fingerprint density at radius 3 is 2.05 bits per heavy atom. The van der Waals surface area contributed by atoms with Gasteiger partial charge in [0.1, 0.15) is 5.75 Å². The zero-order chi connectivity index (χ0) is 29.4. The molecule has 4 N–H and O–H groups in total. The Labute approximate surface area is 236 Å². The van der Waals surface area contributed by atoms with Gasteiger partial charge < -0.3 is 15.3 Å². The van der Waals surface area contributed by atoms with E-state index in [4.69, 9.17) is 0 Å². The van der Waals surface area contributed by atoms with E-state index >= 15 is 0 Å². The molecule has 1 heterocycles. The fraction of sp³-hybridized carbons (Fsp3) is 0.606. The number of phenols is 1. The lowest BCUT2D eigenvalue weighted by molar-refractivity contribution is -0.117.